The molecule has 6 atom stereocenters. The Hall–Kier alpha value is -0.780. The molecule has 26 heavy (non-hydrogen) atoms. The largest absolute Gasteiger partial charge is 0.0622 e. The second-order valence-corrected chi connectivity index (χ2v) is 11.1. The van der Waals surface area contributed by atoms with Gasteiger partial charge < -0.3 is 0 Å². The van der Waals surface area contributed by atoms with Crippen LogP contribution < -0.4 is 0 Å². The summed E-state index contributed by atoms with van der Waals surface area (Å²) in [6.07, 6.45) is 13.1. The average molecular weight is 353 g/mol. The predicted molar refractivity (Wildman–Crippen MR) is 112 cm³/mol. The lowest BCUT2D eigenvalue weighted by Crippen LogP contribution is -2.49. The normalized spacial score (nSPS) is 42.4. The summed E-state index contributed by atoms with van der Waals surface area (Å²) in [5.74, 6) is 4.68. The van der Waals surface area contributed by atoms with Gasteiger partial charge >= 0.3 is 0 Å². The molecule has 3 fully saturated rings. The molecule has 1 aromatic carbocycles. The maximum absolute atomic E-state index is 2.66. The van der Waals surface area contributed by atoms with E-state index in [-0.39, 0.29) is 0 Å². The van der Waals surface area contributed by atoms with E-state index in [2.05, 4.69) is 58.0 Å². The highest BCUT2D eigenvalue weighted by Crippen LogP contribution is 2.60. The fraction of sp³-hybridized carbons (Fsp3) is 0.769. The molecule has 2 bridgehead atoms. The number of hydrogen-bond donors (Lipinski definition) is 0. The molecular weight excluding hydrogens is 312 g/mol. The summed E-state index contributed by atoms with van der Waals surface area (Å²) >= 11 is 0. The predicted octanol–water partition coefficient (Wildman–Crippen LogP) is 7.52. The Morgan fingerprint density at radius 1 is 0.885 bits per heavy atom. The van der Waals surface area contributed by atoms with E-state index in [1.165, 1.54) is 57.8 Å². The van der Waals surface area contributed by atoms with Gasteiger partial charge in [-0.25, -0.2) is 0 Å². The summed E-state index contributed by atoms with van der Waals surface area (Å²) in [5.41, 5.74) is 2.71. The van der Waals surface area contributed by atoms with Crippen LogP contribution in [0.15, 0.2) is 30.3 Å². The van der Waals surface area contributed by atoms with Gasteiger partial charge in [-0.1, -0.05) is 70.9 Å². The molecule has 0 heteroatoms. The second-order valence-electron chi connectivity index (χ2n) is 11.1. The highest BCUT2D eigenvalue weighted by molar-refractivity contribution is 5.16. The molecule has 0 aliphatic heterocycles. The first kappa shape index (κ1) is 18.6. The average Bonchev–Trinajstić information content (AvgIpc) is 2.60. The van der Waals surface area contributed by atoms with Crippen molar-refractivity contribution in [3.8, 4) is 0 Å². The maximum Gasteiger partial charge on any atom is -0.0248 e. The molecule has 0 heterocycles. The molecule has 1 aromatic rings. The third-order valence-corrected chi connectivity index (χ3v) is 9.36. The Morgan fingerprint density at radius 2 is 1.65 bits per heavy atom. The van der Waals surface area contributed by atoms with E-state index in [4.69, 9.17) is 0 Å². The van der Waals surface area contributed by atoms with E-state index in [0.29, 0.717) is 10.8 Å². The van der Waals surface area contributed by atoms with Crippen LogP contribution in [-0.4, -0.2) is 0 Å². The van der Waals surface area contributed by atoms with Crippen molar-refractivity contribution in [1.29, 1.82) is 0 Å². The van der Waals surface area contributed by atoms with Crippen LogP contribution in [-0.2, 0) is 6.42 Å². The van der Waals surface area contributed by atoms with E-state index in [9.17, 15) is 0 Å². The van der Waals surface area contributed by atoms with Crippen molar-refractivity contribution in [2.45, 2.75) is 85.5 Å². The van der Waals surface area contributed by atoms with Crippen LogP contribution in [0.3, 0.4) is 0 Å². The van der Waals surface area contributed by atoms with Crippen molar-refractivity contribution in [2.24, 2.45) is 40.4 Å². The zero-order valence-electron chi connectivity index (χ0n) is 17.6. The van der Waals surface area contributed by atoms with Crippen molar-refractivity contribution < 1.29 is 0 Å². The van der Waals surface area contributed by atoms with E-state index < -0.39 is 0 Å². The Morgan fingerprint density at radius 3 is 2.42 bits per heavy atom. The Kier molecular flexibility index (Phi) is 4.99. The third-order valence-electron chi connectivity index (χ3n) is 9.36. The molecule has 3 aliphatic carbocycles. The van der Waals surface area contributed by atoms with Crippen molar-refractivity contribution in [1.82, 2.24) is 0 Å². The molecule has 4 rings (SSSR count). The van der Waals surface area contributed by atoms with Crippen LogP contribution in [0.1, 0.15) is 84.6 Å². The topological polar surface area (TPSA) is 0 Å². The van der Waals surface area contributed by atoms with E-state index in [0.717, 1.165) is 29.6 Å². The van der Waals surface area contributed by atoms with Crippen molar-refractivity contribution in [2.75, 3.05) is 0 Å². The molecule has 144 valence electrons. The van der Waals surface area contributed by atoms with Gasteiger partial charge in [0.15, 0.2) is 0 Å². The summed E-state index contributed by atoms with van der Waals surface area (Å²) in [7, 11) is 0. The second kappa shape index (κ2) is 6.99. The minimum absolute atomic E-state index is 0.524. The SMILES string of the molecule is C[C@@H]1CCC[C@@]2(C)CC[C@H]3[C@H](Cc4ccccc4)CC[C@@H](C[C@H]12)C3(C)C. The number of rotatable bonds is 2. The van der Waals surface area contributed by atoms with Gasteiger partial charge in [-0.2, -0.15) is 0 Å². The summed E-state index contributed by atoms with van der Waals surface area (Å²) in [5, 5.41) is 0. The van der Waals surface area contributed by atoms with Crippen LogP contribution in [0.4, 0.5) is 0 Å². The Balaban J connectivity index is 1.59. The minimum Gasteiger partial charge on any atom is -0.0622 e. The highest BCUT2D eigenvalue weighted by atomic mass is 14.6. The summed E-state index contributed by atoms with van der Waals surface area (Å²) in [6, 6.07) is 11.3. The molecule has 0 N–H and O–H groups in total. The van der Waals surface area contributed by atoms with Crippen LogP contribution in [0.5, 0.6) is 0 Å². The molecule has 0 amide bonds. The lowest BCUT2D eigenvalue weighted by Gasteiger charge is -2.57. The van der Waals surface area contributed by atoms with E-state index in [1.807, 2.05) is 0 Å². The van der Waals surface area contributed by atoms with Crippen LogP contribution in [0.2, 0.25) is 0 Å². The van der Waals surface area contributed by atoms with Gasteiger partial charge in [0, 0.05) is 0 Å². The van der Waals surface area contributed by atoms with Gasteiger partial charge in [0.05, 0.1) is 0 Å². The Labute approximate surface area is 162 Å². The highest BCUT2D eigenvalue weighted by Gasteiger charge is 2.51. The van der Waals surface area contributed by atoms with Gasteiger partial charge in [-0.3, -0.25) is 0 Å². The molecule has 0 spiro atoms. The number of benzene rings is 1. The maximum atomic E-state index is 2.66. The first-order chi connectivity index (χ1) is 12.4. The quantitative estimate of drug-likeness (QED) is 0.516. The van der Waals surface area contributed by atoms with E-state index >= 15 is 0 Å². The lowest BCUT2D eigenvalue weighted by molar-refractivity contribution is -0.0724. The fourth-order valence-corrected chi connectivity index (χ4v) is 7.61. The smallest absolute Gasteiger partial charge is 0.0248 e. The lowest BCUT2D eigenvalue weighted by atomic mass is 9.48. The van der Waals surface area contributed by atoms with Crippen LogP contribution >= 0.6 is 0 Å². The first-order valence-electron chi connectivity index (χ1n) is 11.4. The summed E-state index contributed by atoms with van der Waals surface area (Å²) in [4.78, 5) is 0. The molecule has 0 radical (unpaired) electrons. The van der Waals surface area contributed by atoms with Gasteiger partial charge in [0.1, 0.15) is 0 Å². The summed E-state index contributed by atoms with van der Waals surface area (Å²) in [6.45, 7) is 10.5. The standard InChI is InChI=1S/C26H40/c1-19-9-8-15-26(4)16-14-23-21(17-20-10-6-5-7-11-20)12-13-22(18-24(19)26)25(23,2)3/h5-7,10-11,19,21-24H,8-9,12-18H2,1-4H3/t19-,21+,22+,23+,24-,26+/m1/s1. The van der Waals surface area contributed by atoms with Crippen molar-refractivity contribution in [3.05, 3.63) is 35.9 Å². The number of hydrogen-bond acceptors (Lipinski definition) is 0. The van der Waals surface area contributed by atoms with Gasteiger partial charge in [-0.15, -0.1) is 0 Å². The van der Waals surface area contributed by atoms with Crippen LogP contribution in [0, 0.1) is 40.4 Å². The minimum atomic E-state index is 0.524. The molecule has 3 aliphatic rings. The molecule has 0 nitrogen and oxygen atoms in total. The first-order valence-corrected chi connectivity index (χ1v) is 11.4. The fourth-order valence-electron chi connectivity index (χ4n) is 7.61. The Bertz CT molecular complexity index is 600. The van der Waals surface area contributed by atoms with Gasteiger partial charge in [0.2, 0.25) is 0 Å². The summed E-state index contributed by atoms with van der Waals surface area (Å²) < 4.78 is 0. The van der Waals surface area contributed by atoms with E-state index in [1.54, 1.807) is 5.56 Å². The molecule has 3 saturated carbocycles. The number of fused-ring (bicyclic) bond motifs is 3. The van der Waals surface area contributed by atoms with Crippen molar-refractivity contribution >= 4 is 0 Å². The zero-order chi connectivity index (χ0) is 18.4. The molecule has 0 saturated heterocycles. The third kappa shape index (κ3) is 3.27. The molecule has 0 aromatic heterocycles. The monoisotopic (exact) mass is 352 g/mol. The van der Waals surface area contributed by atoms with Gasteiger partial charge in [0.25, 0.3) is 0 Å². The zero-order valence-corrected chi connectivity index (χ0v) is 17.6. The van der Waals surface area contributed by atoms with Gasteiger partial charge in [-0.05, 0) is 90.9 Å². The van der Waals surface area contributed by atoms with Crippen molar-refractivity contribution in [3.63, 3.8) is 0 Å². The van der Waals surface area contributed by atoms with Crippen LogP contribution in [0.25, 0.3) is 0 Å². The molecule has 0 unspecified atom stereocenters. The molecular formula is C26H40.